The number of aromatic nitrogens is 1. The topological polar surface area (TPSA) is 76.5 Å². The summed E-state index contributed by atoms with van der Waals surface area (Å²) in [7, 11) is 0. The van der Waals surface area contributed by atoms with E-state index < -0.39 is 5.97 Å². The molecule has 14 heavy (non-hydrogen) atoms. The van der Waals surface area contributed by atoms with Gasteiger partial charge in [-0.25, -0.2) is 4.79 Å². The Labute approximate surface area is 79.0 Å². The number of hydrogen-bond donors (Lipinski definition) is 1. The second-order valence-electron chi connectivity index (χ2n) is 2.75. The van der Waals surface area contributed by atoms with Crippen LogP contribution in [0.1, 0.15) is 16.2 Å². The largest absolute Gasteiger partial charge is 0.476 e. The van der Waals surface area contributed by atoms with E-state index >= 15 is 0 Å². The molecule has 2 heterocycles. The summed E-state index contributed by atoms with van der Waals surface area (Å²) >= 11 is 0. The van der Waals surface area contributed by atoms with Gasteiger partial charge < -0.3 is 13.9 Å². The Balaban J connectivity index is 2.38. The molecule has 0 radical (unpaired) electrons. The van der Waals surface area contributed by atoms with Crippen LogP contribution in [0.5, 0.6) is 0 Å². The molecule has 0 atom stereocenters. The summed E-state index contributed by atoms with van der Waals surface area (Å²) in [5.74, 6) is 0.198. The predicted molar refractivity (Wildman–Crippen MR) is 45.9 cm³/mol. The summed E-state index contributed by atoms with van der Waals surface area (Å²) in [4.78, 5) is 14.2. The number of furan rings is 1. The van der Waals surface area contributed by atoms with Gasteiger partial charge in [0.25, 0.3) is 5.89 Å². The molecule has 0 spiro atoms. The van der Waals surface area contributed by atoms with Gasteiger partial charge >= 0.3 is 5.97 Å². The summed E-state index contributed by atoms with van der Waals surface area (Å²) in [6.45, 7) is 1.78. The summed E-state index contributed by atoms with van der Waals surface area (Å²) in [6.07, 6.45) is 1.08. The highest BCUT2D eigenvalue weighted by Crippen LogP contribution is 2.20. The van der Waals surface area contributed by atoms with Gasteiger partial charge in [0.05, 0.1) is 0 Å². The first-order chi connectivity index (χ1) is 6.66. The van der Waals surface area contributed by atoms with Gasteiger partial charge in [-0.05, 0) is 19.1 Å². The summed E-state index contributed by atoms with van der Waals surface area (Å²) in [6, 6.07) is 3.42. The lowest BCUT2D eigenvalue weighted by Gasteiger charge is -1.86. The number of carboxylic acid groups (broad SMARTS) is 1. The normalized spacial score (nSPS) is 10.4. The highest BCUT2D eigenvalue weighted by molar-refractivity contribution is 5.85. The van der Waals surface area contributed by atoms with E-state index in [4.69, 9.17) is 13.9 Å². The molecule has 0 fully saturated rings. The molecular formula is C9H7NO4. The average Bonchev–Trinajstić information content (AvgIpc) is 2.70. The molecule has 0 aliphatic carbocycles. The number of oxazole rings is 1. The monoisotopic (exact) mass is 193 g/mol. The van der Waals surface area contributed by atoms with E-state index in [2.05, 4.69) is 4.98 Å². The van der Waals surface area contributed by atoms with Crippen LogP contribution in [0.15, 0.2) is 27.2 Å². The van der Waals surface area contributed by atoms with Crippen molar-refractivity contribution in [3.63, 3.8) is 0 Å². The lowest BCUT2D eigenvalue weighted by atomic mass is 10.4. The predicted octanol–water partition coefficient (Wildman–Crippen LogP) is 1.94. The molecule has 2 aromatic rings. The van der Waals surface area contributed by atoms with E-state index in [9.17, 15) is 4.79 Å². The van der Waals surface area contributed by atoms with Gasteiger partial charge in [0.15, 0.2) is 11.5 Å². The highest BCUT2D eigenvalue weighted by Gasteiger charge is 2.13. The maximum atomic E-state index is 10.5. The number of rotatable bonds is 2. The van der Waals surface area contributed by atoms with Gasteiger partial charge in [-0.1, -0.05) is 0 Å². The van der Waals surface area contributed by atoms with Gasteiger partial charge in [0.2, 0.25) is 0 Å². The van der Waals surface area contributed by atoms with Crippen LogP contribution in [0.4, 0.5) is 0 Å². The minimum atomic E-state index is -1.12. The second-order valence-corrected chi connectivity index (χ2v) is 2.75. The molecular weight excluding hydrogens is 186 g/mol. The maximum absolute atomic E-state index is 10.5. The van der Waals surface area contributed by atoms with E-state index in [-0.39, 0.29) is 11.6 Å². The molecule has 2 aromatic heterocycles. The Hall–Kier alpha value is -2.04. The number of carbonyl (C=O) groups is 1. The van der Waals surface area contributed by atoms with Crippen molar-refractivity contribution in [2.24, 2.45) is 0 Å². The Morgan fingerprint density at radius 3 is 2.79 bits per heavy atom. The lowest BCUT2D eigenvalue weighted by Crippen LogP contribution is -1.95. The Kier molecular flexibility index (Phi) is 1.85. The third-order valence-corrected chi connectivity index (χ3v) is 1.67. The van der Waals surface area contributed by atoms with Crippen molar-refractivity contribution in [1.29, 1.82) is 0 Å². The van der Waals surface area contributed by atoms with Crippen molar-refractivity contribution in [2.45, 2.75) is 6.92 Å². The molecule has 0 bridgehead atoms. The van der Waals surface area contributed by atoms with E-state index in [1.807, 2.05) is 0 Å². The quantitative estimate of drug-likeness (QED) is 0.788. The van der Waals surface area contributed by atoms with E-state index in [1.165, 1.54) is 0 Å². The third-order valence-electron chi connectivity index (χ3n) is 1.67. The van der Waals surface area contributed by atoms with Crippen molar-refractivity contribution >= 4 is 5.97 Å². The maximum Gasteiger partial charge on any atom is 0.357 e. The Bertz CT molecular complexity index is 469. The summed E-state index contributed by atoms with van der Waals surface area (Å²) in [5.41, 5.74) is -0.131. The van der Waals surface area contributed by atoms with Gasteiger partial charge in [0.1, 0.15) is 12.0 Å². The van der Waals surface area contributed by atoms with Crippen molar-refractivity contribution in [3.8, 4) is 11.7 Å². The first-order valence-electron chi connectivity index (χ1n) is 3.92. The molecule has 0 saturated heterocycles. The van der Waals surface area contributed by atoms with Crippen LogP contribution in [0.3, 0.4) is 0 Å². The fourth-order valence-electron chi connectivity index (χ4n) is 1.03. The van der Waals surface area contributed by atoms with Crippen LogP contribution in [-0.2, 0) is 0 Å². The standard InChI is InChI=1S/C9H7NO4/c1-5-2-3-7(14-5)8-10-6(4-13-8)9(11)12/h2-4H,1H3,(H,11,12). The van der Waals surface area contributed by atoms with Crippen LogP contribution in [0.25, 0.3) is 11.7 Å². The van der Waals surface area contributed by atoms with Gasteiger partial charge in [-0.2, -0.15) is 4.98 Å². The minimum Gasteiger partial charge on any atom is -0.476 e. The van der Waals surface area contributed by atoms with Crippen LogP contribution < -0.4 is 0 Å². The molecule has 5 nitrogen and oxygen atoms in total. The number of hydrogen-bond acceptors (Lipinski definition) is 4. The summed E-state index contributed by atoms with van der Waals surface area (Å²) in [5, 5.41) is 8.60. The molecule has 0 aliphatic heterocycles. The van der Waals surface area contributed by atoms with Gasteiger partial charge in [-0.3, -0.25) is 0 Å². The second kappa shape index (κ2) is 3.02. The summed E-state index contributed by atoms with van der Waals surface area (Å²) < 4.78 is 10.2. The minimum absolute atomic E-state index is 0.131. The lowest BCUT2D eigenvalue weighted by molar-refractivity contribution is 0.0690. The van der Waals surface area contributed by atoms with Crippen LogP contribution in [0.2, 0.25) is 0 Å². The number of carboxylic acids is 1. The van der Waals surface area contributed by atoms with Crippen molar-refractivity contribution in [1.82, 2.24) is 4.98 Å². The van der Waals surface area contributed by atoms with Gasteiger partial charge in [0, 0.05) is 0 Å². The zero-order valence-electron chi connectivity index (χ0n) is 7.35. The van der Waals surface area contributed by atoms with Crippen molar-refractivity contribution in [2.75, 3.05) is 0 Å². The molecule has 1 N–H and O–H groups in total. The van der Waals surface area contributed by atoms with E-state index in [1.54, 1.807) is 19.1 Å². The molecule has 0 saturated carbocycles. The Morgan fingerprint density at radius 2 is 2.29 bits per heavy atom. The van der Waals surface area contributed by atoms with Crippen molar-refractivity contribution < 1.29 is 18.7 Å². The first kappa shape index (κ1) is 8.55. The molecule has 0 aliphatic rings. The van der Waals surface area contributed by atoms with Crippen LogP contribution in [-0.4, -0.2) is 16.1 Å². The molecule has 72 valence electrons. The highest BCUT2D eigenvalue weighted by atomic mass is 16.4. The van der Waals surface area contributed by atoms with Crippen molar-refractivity contribution in [3.05, 3.63) is 29.9 Å². The van der Waals surface area contributed by atoms with E-state index in [0.717, 1.165) is 12.0 Å². The zero-order chi connectivity index (χ0) is 10.1. The average molecular weight is 193 g/mol. The third kappa shape index (κ3) is 1.39. The molecule has 5 heteroatoms. The molecule has 0 aromatic carbocycles. The van der Waals surface area contributed by atoms with E-state index in [0.29, 0.717) is 5.76 Å². The number of aryl methyl sites for hydroxylation is 1. The molecule has 0 amide bonds. The molecule has 0 unspecified atom stereocenters. The fraction of sp³-hybridized carbons (Fsp3) is 0.111. The fourth-order valence-corrected chi connectivity index (χ4v) is 1.03. The Morgan fingerprint density at radius 1 is 1.50 bits per heavy atom. The molecule has 2 rings (SSSR count). The van der Waals surface area contributed by atoms with Crippen LogP contribution in [0, 0.1) is 6.92 Å². The number of nitrogens with zero attached hydrogens (tertiary/aromatic N) is 1. The van der Waals surface area contributed by atoms with Gasteiger partial charge in [-0.15, -0.1) is 0 Å². The number of aromatic carboxylic acids is 1. The smallest absolute Gasteiger partial charge is 0.357 e. The SMILES string of the molecule is Cc1ccc(-c2nc(C(=O)O)co2)o1. The zero-order valence-corrected chi connectivity index (χ0v) is 7.35. The first-order valence-corrected chi connectivity index (χ1v) is 3.92. The van der Waals surface area contributed by atoms with Crippen LogP contribution >= 0.6 is 0 Å².